The lowest BCUT2D eigenvalue weighted by molar-refractivity contribution is -0.104. The van der Waals surface area contributed by atoms with E-state index in [4.69, 9.17) is 14.2 Å². The molecule has 1 aliphatic heterocycles. The fourth-order valence-electron chi connectivity index (χ4n) is 1.85. The summed E-state index contributed by atoms with van der Waals surface area (Å²) in [5, 5.41) is 0. The summed E-state index contributed by atoms with van der Waals surface area (Å²) in [6.45, 7) is -0.450. The second kappa shape index (κ2) is 3.90. The second-order valence-corrected chi connectivity index (χ2v) is 3.53. The van der Waals surface area contributed by atoms with Crippen molar-refractivity contribution in [2.24, 2.45) is 0 Å². The fourth-order valence-corrected chi connectivity index (χ4v) is 1.85. The standard InChI is InChI=1S/C11H12F2O3/c1-14-8-4-3-7-5-16-6-11(12,13)9(7)10(8)15-2/h3-4H,5-6H2,1-2H3. The predicted octanol–water partition coefficient (Wildman–Crippen LogP) is 2.33. The van der Waals surface area contributed by atoms with Crippen LogP contribution in [0.15, 0.2) is 12.1 Å². The molecule has 1 aromatic rings. The van der Waals surface area contributed by atoms with Crippen LogP contribution in [0.2, 0.25) is 0 Å². The van der Waals surface area contributed by atoms with Crippen LogP contribution in [0.1, 0.15) is 11.1 Å². The van der Waals surface area contributed by atoms with Crippen LogP contribution in [0.4, 0.5) is 8.78 Å². The monoisotopic (exact) mass is 230 g/mol. The molecule has 1 heterocycles. The second-order valence-electron chi connectivity index (χ2n) is 3.53. The third-order valence-corrected chi connectivity index (χ3v) is 2.54. The van der Waals surface area contributed by atoms with Crippen molar-refractivity contribution in [1.82, 2.24) is 0 Å². The summed E-state index contributed by atoms with van der Waals surface area (Å²) in [6, 6.07) is 3.17. The van der Waals surface area contributed by atoms with E-state index in [1.54, 1.807) is 12.1 Å². The molecular weight excluding hydrogens is 218 g/mol. The Morgan fingerprint density at radius 1 is 1.25 bits per heavy atom. The molecular formula is C11H12F2O3. The summed E-state index contributed by atoms with van der Waals surface area (Å²) < 4.78 is 42.2. The van der Waals surface area contributed by atoms with Crippen LogP contribution in [0.3, 0.4) is 0 Å². The number of rotatable bonds is 2. The van der Waals surface area contributed by atoms with Gasteiger partial charge in [-0.05, 0) is 11.6 Å². The minimum absolute atomic E-state index is 0.0910. The van der Waals surface area contributed by atoms with Gasteiger partial charge in [0.25, 0.3) is 5.92 Å². The molecule has 0 bridgehead atoms. The molecule has 88 valence electrons. The molecule has 2 rings (SSSR count). The van der Waals surface area contributed by atoms with Gasteiger partial charge in [0.15, 0.2) is 11.5 Å². The summed E-state index contributed by atoms with van der Waals surface area (Å²) in [6.07, 6.45) is 0. The summed E-state index contributed by atoms with van der Waals surface area (Å²) in [7, 11) is 2.77. The van der Waals surface area contributed by atoms with Gasteiger partial charge in [-0.25, -0.2) is 0 Å². The third kappa shape index (κ3) is 1.61. The van der Waals surface area contributed by atoms with E-state index < -0.39 is 12.5 Å². The highest BCUT2D eigenvalue weighted by atomic mass is 19.3. The topological polar surface area (TPSA) is 27.7 Å². The van der Waals surface area contributed by atoms with Crippen molar-refractivity contribution in [3.8, 4) is 11.5 Å². The lowest BCUT2D eigenvalue weighted by atomic mass is 9.98. The summed E-state index contributed by atoms with van der Waals surface area (Å²) >= 11 is 0. The Morgan fingerprint density at radius 2 is 2.00 bits per heavy atom. The highest BCUT2D eigenvalue weighted by Crippen LogP contribution is 2.45. The first-order chi connectivity index (χ1) is 7.60. The van der Waals surface area contributed by atoms with Crippen molar-refractivity contribution < 1.29 is 23.0 Å². The molecule has 16 heavy (non-hydrogen) atoms. The lowest BCUT2D eigenvalue weighted by Crippen LogP contribution is -2.28. The maximum atomic E-state index is 13.7. The van der Waals surface area contributed by atoms with E-state index in [-0.39, 0.29) is 17.9 Å². The molecule has 0 spiro atoms. The van der Waals surface area contributed by atoms with Gasteiger partial charge in [-0.1, -0.05) is 6.07 Å². The zero-order chi connectivity index (χ0) is 11.8. The maximum absolute atomic E-state index is 13.7. The van der Waals surface area contributed by atoms with Crippen molar-refractivity contribution in [2.75, 3.05) is 20.8 Å². The first-order valence-corrected chi connectivity index (χ1v) is 4.80. The van der Waals surface area contributed by atoms with Gasteiger partial charge in [-0.3, -0.25) is 0 Å². The lowest BCUT2D eigenvalue weighted by Gasteiger charge is -2.27. The van der Waals surface area contributed by atoms with Crippen LogP contribution < -0.4 is 9.47 Å². The molecule has 0 fully saturated rings. The number of methoxy groups -OCH3 is 2. The number of ether oxygens (including phenoxy) is 3. The zero-order valence-electron chi connectivity index (χ0n) is 9.05. The minimum atomic E-state index is -3.03. The van der Waals surface area contributed by atoms with E-state index in [2.05, 4.69) is 0 Å². The molecule has 0 aliphatic carbocycles. The molecule has 5 heteroatoms. The zero-order valence-corrected chi connectivity index (χ0v) is 9.05. The van der Waals surface area contributed by atoms with Crippen LogP contribution >= 0.6 is 0 Å². The van der Waals surface area contributed by atoms with Crippen LogP contribution in [-0.2, 0) is 17.3 Å². The van der Waals surface area contributed by atoms with Crippen LogP contribution in [-0.4, -0.2) is 20.8 Å². The molecule has 0 radical (unpaired) electrons. The van der Waals surface area contributed by atoms with E-state index in [0.29, 0.717) is 11.3 Å². The molecule has 0 amide bonds. The fraction of sp³-hybridized carbons (Fsp3) is 0.455. The van der Waals surface area contributed by atoms with Crippen LogP contribution in [0.5, 0.6) is 11.5 Å². The highest BCUT2D eigenvalue weighted by molar-refractivity contribution is 5.53. The van der Waals surface area contributed by atoms with E-state index in [0.717, 1.165) is 0 Å². The Kier molecular flexibility index (Phi) is 2.71. The molecule has 3 nitrogen and oxygen atoms in total. The Morgan fingerprint density at radius 3 is 2.62 bits per heavy atom. The predicted molar refractivity (Wildman–Crippen MR) is 53.1 cm³/mol. The first kappa shape index (κ1) is 11.1. The Bertz CT molecular complexity index is 404. The number of hydrogen-bond acceptors (Lipinski definition) is 3. The molecule has 0 aromatic heterocycles. The Balaban J connectivity index is 2.64. The number of fused-ring (bicyclic) bond motifs is 1. The first-order valence-electron chi connectivity index (χ1n) is 4.80. The van der Waals surface area contributed by atoms with E-state index >= 15 is 0 Å². The van der Waals surface area contributed by atoms with Crippen molar-refractivity contribution >= 4 is 0 Å². The third-order valence-electron chi connectivity index (χ3n) is 2.54. The molecule has 1 aliphatic rings. The van der Waals surface area contributed by atoms with Gasteiger partial charge < -0.3 is 14.2 Å². The van der Waals surface area contributed by atoms with Crippen LogP contribution in [0, 0.1) is 0 Å². The van der Waals surface area contributed by atoms with Crippen molar-refractivity contribution in [2.45, 2.75) is 12.5 Å². The van der Waals surface area contributed by atoms with Gasteiger partial charge in [0.1, 0.15) is 6.61 Å². The average molecular weight is 230 g/mol. The number of benzene rings is 1. The summed E-state index contributed by atoms with van der Waals surface area (Å²) in [5.41, 5.74) is 0.314. The normalized spacial score (nSPS) is 17.8. The maximum Gasteiger partial charge on any atom is 0.300 e. The Hall–Kier alpha value is -1.36. The molecule has 0 N–H and O–H groups in total. The van der Waals surface area contributed by atoms with Gasteiger partial charge in [-0.2, -0.15) is 8.78 Å². The van der Waals surface area contributed by atoms with Gasteiger partial charge in [-0.15, -0.1) is 0 Å². The highest BCUT2D eigenvalue weighted by Gasteiger charge is 2.41. The van der Waals surface area contributed by atoms with Crippen molar-refractivity contribution in [1.29, 1.82) is 0 Å². The van der Waals surface area contributed by atoms with Gasteiger partial charge >= 0.3 is 0 Å². The van der Waals surface area contributed by atoms with Gasteiger partial charge in [0.2, 0.25) is 0 Å². The average Bonchev–Trinajstić information content (AvgIpc) is 2.27. The number of halogens is 2. The van der Waals surface area contributed by atoms with E-state index in [1.165, 1.54) is 14.2 Å². The molecule has 0 atom stereocenters. The number of hydrogen-bond donors (Lipinski definition) is 0. The number of alkyl halides is 2. The van der Waals surface area contributed by atoms with E-state index in [1.807, 2.05) is 0 Å². The SMILES string of the molecule is COc1ccc2c(c1OC)C(F)(F)COC2. The van der Waals surface area contributed by atoms with Crippen LogP contribution in [0.25, 0.3) is 0 Å². The molecule has 1 aromatic carbocycles. The van der Waals surface area contributed by atoms with Gasteiger partial charge in [0, 0.05) is 0 Å². The molecule has 0 saturated carbocycles. The summed E-state index contributed by atoms with van der Waals surface area (Å²) in [4.78, 5) is 0. The van der Waals surface area contributed by atoms with Crippen molar-refractivity contribution in [3.05, 3.63) is 23.3 Å². The largest absolute Gasteiger partial charge is 0.493 e. The van der Waals surface area contributed by atoms with Crippen molar-refractivity contribution in [3.63, 3.8) is 0 Å². The summed E-state index contributed by atoms with van der Waals surface area (Å²) in [5.74, 6) is -2.64. The Labute approximate surface area is 91.9 Å². The van der Waals surface area contributed by atoms with Gasteiger partial charge in [0.05, 0.1) is 26.4 Å². The quantitative estimate of drug-likeness (QED) is 0.780. The van der Waals surface area contributed by atoms with E-state index in [9.17, 15) is 8.78 Å². The molecule has 0 saturated heterocycles. The smallest absolute Gasteiger partial charge is 0.300 e. The minimum Gasteiger partial charge on any atom is -0.493 e. The molecule has 0 unspecified atom stereocenters.